The molecule has 2 aliphatic heterocycles. The second-order valence-electron chi connectivity index (χ2n) is 6.09. The van der Waals surface area contributed by atoms with E-state index >= 15 is 0 Å². The third-order valence-electron chi connectivity index (χ3n) is 4.48. The first kappa shape index (κ1) is 13.8. The van der Waals surface area contributed by atoms with Crippen molar-refractivity contribution in [2.75, 3.05) is 37.7 Å². The zero-order valence-electron chi connectivity index (χ0n) is 12.6. The van der Waals surface area contributed by atoms with Crippen molar-refractivity contribution in [3.05, 3.63) is 23.9 Å². The van der Waals surface area contributed by atoms with Crippen LogP contribution in [-0.4, -0.2) is 54.8 Å². The maximum Gasteiger partial charge on any atom is 0.128 e. The highest BCUT2D eigenvalue weighted by Crippen LogP contribution is 2.23. The molecule has 0 aliphatic carbocycles. The summed E-state index contributed by atoms with van der Waals surface area (Å²) in [6.07, 6.45) is 4.78. The smallest absolute Gasteiger partial charge is 0.128 e. The summed E-state index contributed by atoms with van der Waals surface area (Å²) in [6.45, 7) is 9.62. The number of piperidine rings is 1. The van der Waals surface area contributed by atoms with Crippen LogP contribution in [0.25, 0.3) is 0 Å². The van der Waals surface area contributed by atoms with Gasteiger partial charge in [-0.3, -0.25) is 4.90 Å². The predicted molar refractivity (Wildman–Crippen MR) is 81.2 cm³/mol. The van der Waals surface area contributed by atoms with E-state index in [-0.39, 0.29) is 0 Å². The quantitative estimate of drug-likeness (QED) is 0.826. The fourth-order valence-electron chi connectivity index (χ4n) is 3.33. The summed E-state index contributed by atoms with van der Waals surface area (Å²) < 4.78 is 5.64. The Balaban J connectivity index is 1.56. The molecule has 110 valence electrons. The molecule has 0 saturated carbocycles. The van der Waals surface area contributed by atoms with Gasteiger partial charge in [-0.1, -0.05) is 0 Å². The fraction of sp³-hybridized carbons (Fsp3) is 0.688. The topological polar surface area (TPSA) is 28.6 Å². The summed E-state index contributed by atoms with van der Waals surface area (Å²) in [7, 11) is 0. The van der Waals surface area contributed by atoms with Crippen molar-refractivity contribution in [3.8, 4) is 0 Å². The number of aromatic nitrogens is 1. The van der Waals surface area contributed by atoms with Gasteiger partial charge in [0.05, 0.1) is 12.7 Å². The van der Waals surface area contributed by atoms with E-state index in [9.17, 15) is 0 Å². The van der Waals surface area contributed by atoms with Gasteiger partial charge in [0.25, 0.3) is 0 Å². The molecule has 0 spiro atoms. The van der Waals surface area contributed by atoms with Gasteiger partial charge < -0.3 is 9.64 Å². The molecule has 1 aromatic rings. The lowest BCUT2D eigenvalue weighted by Gasteiger charge is -2.42. The van der Waals surface area contributed by atoms with Crippen LogP contribution in [0.4, 0.5) is 5.82 Å². The normalized spacial score (nSPS) is 25.9. The average Bonchev–Trinajstić information content (AvgIpc) is 2.47. The minimum Gasteiger partial charge on any atom is -0.376 e. The molecule has 4 heteroatoms. The van der Waals surface area contributed by atoms with E-state index in [1.54, 1.807) is 0 Å². The SMILES string of the molecule is Cc1ccnc(N2CCC(N3CCO[C@@H](C)C3)CC2)c1. The summed E-state index contributed by atoms with van der Waals surface area (Å²) >= 11 is 0. The largest absolute Gasteiger partial charge is 0.376 e. The van der Waals surface area contributed by atoms with Crippen molar-refractivity contribution >= 4 is 5.82 Å². The van der Waals surface area contributed by atoms with Crippen molar-refractivity contribution in [2.45, 2.75) is 38.8 Å². The highest BCUT2D eigenvalue weighted by molar-refractivity contribution is 5.41. The predicted octanol–water partition coefficient (Wildman–Crippen LogP) is 2.08. The number of morpholine rings is 1. The van der Waals surface area contributed by atoms with Crippen molar-refractivity contribution in [1.82, 2.24) is 9.88 Å². The second-order valence-corrected chi connectivity index (χ2v) is 6.09. The van der Waals surface area contributed by atoms with E-state index in [0.717, 1.165) is 44.6 Å². The molecule has 20 heavy (non-hydrogen) atoms. The van der Waals surface area contributed by atoms with Crippen molar-refractivity contribution in [2.24, 2.45) is 0 Å². The Hall–Kier alpha value is -1.13. The summed E-state index contributed by atoms with van der Waals surface area (Å²) in [5.41, 5.74) is 1.29. The number of anilines is 1. The van der Waals surface area contributed by atoms with Gasteiger partial charge in [0.15, 0.2) is 0 Å². The third-order valence-corrected chi connectivity index (χ3v) is 4.48. The zero-order valence-corrected chi connectivity index (χ0v) is 12.6. The van der Waals surface area contributed by atoms with Gasteiger partial charge in [0.2, 0.25) is 0 Å². The highest BCUT2D eigenvalue weighted by atomic mass is 16.5. The van der Waals surface area contributed by atoms with Gasteiger partial charge in [-0.25, -0.2) is 4.98 Å². The van der Waals surface area contributed by atoms with Crippen LogP contribution in [0.2, 0.25) is 0 Å². The Morgan fingerprint density at radius 3 is 2.75 bits per heavy atom. The molecule has 1 aromatic heterocycles. The molecule has 2 fully saturated rings. The Bertz CT molecular complexity index is 443. The summed E-state index contributed by atoms with van der Waals surface area (Å²) in [5.74, 6) is 1.14. The first-order valence-corrected chi connectivity index (χ1v) is 7.75. The van der Waals surface area contributed by atoms with Gasteiger partial charge in [0.1, 0.15) is 5.82 Å². The lowest BCUT2D eigenvalue weighted by Crippen LogP contribution is -2.51. The molecule has 0 aromatic carbocycles. The molecule has 0 radical (unpaired) electrons. The first-order chi connectivity index (χ1) is 9.72. The van der Waals surface area contributed by atoms with Crippen molar-refractivity contribution in [3.63, 3.8) is 0 Å². The van der Waals surface area contributed by atoms with E-state index in [1.807, 2.05) is 6.20 Å². The molecular weight excluding hydrogens is 250 g/mol. The second kappa shape index (κ2) is 6.10. The fourth-order valence-corrected chi connectivity index (χ4v) is 3.33. The van der Waals surface area contributed by atoms with Gasteiger partial charge in [-0.15, -0.1) is 0 Å². The molecule has 0 unspecified atom stereocenters. The van der Waals surface area contributed by atoms with Crippen LogP contribution in [0.15, 0.2) is 18.3 Å². The number of hydrogen-bond acceptors (Lipinski definition) is 4. The van der Waals surface area contributed by atoms with Crippen LogP contribution in [0.3, 0.4) is 0 Å². The number of hydrogen-bond donors (Lipinski definition) is 0. The molecular formula is C16H25N3O. The van der Waals surface area contributed by atoms with E-state index in [1.165, 1.54) is 18.4 Å². The average molecular weight is 275 g/mol. The first-order valence-electron chi connectivity index (χ1n) is 7.75. The molecule has 3 rings (SSSR count). The van der Waals surface area contributed by atoms with Crippen molar-refractivity contribution < 1.29 is 4.74 Å². The van der Waals surface area contributed by atoms with Crippen LogP contribution in [0, 0.1) is 6.92 Å². The standard InChI is InChI=1S/C16H25N3O/c1-13-3-6-17-16(11-13)18-7-4-15(5-8-18)19-9-10-20-14(2)12-19/h3,6,11,14-15H,4-5,7-10,12H2,1-2H3/t14-/m0/s1. The Labute approximate surface area is 121 Å². The maximum absolute atomic E-state index is 5.64. The molecule has 0 N–H and O–H groups in total. The summed E-state index contributed by atoms with van der Waals surface area (Å²) in [5, 5.41) is 0. The highest BCUT2D eigenvalue weighted by Gasteiger charge is 2.28. The minimum atomic E-state index is 0.389. The molecule has 3 heterocycles. The number of ether oxygens (including phenoxy) is 1. The Morgan fingerprint density at radius 2 is 2.05 bits per heavy atom. The third kappa shape index (κ3) is 3.13. The van der Waals surface area contributed by atoms with Gasteiger partial charge in [-0.05, 0) is 44.4 Å². The van der Waals surface area contributed by atoms with Gasteiger partial charge >= 0.3 is 0 Å². The number of rotatable bonds is 2. The van der Waals surface area contributed by atoms with Crippen LogP contribution >= 0.6 is 0 Å². The van der Waals surface area contributed by atoms with E-state index in [0.29, 0.717) is 6.10 Å². The molecule has 0 bridgehead atoms. The zero-order chi connectivity index (χ0) is 13.9. The minimum absolute atomic E-state index is 0.389. The monoisotopic (exact) mass is 275 g/mol. The molecule has 4 nitrogen and oxygen atoms in total. The molecule has 0 amide bonds. The molecule has 1 atom stereocenters. The van der Waals surface area contributed by atoms with E-state index in [2.05, 4.69) is 40.8 Å². The van der Waals surface area contributed by atoms with Gasteiger partial charge in [0, 0.05) is 38.4 Å². The summed E-state index contributed by atoms with van der Waals surface area (Å²) in [6, 6.07) is 4.98. The lowest BCUT2D eigenvalue weighted by atomic mass is 10.0. The number of aryl methyl sites for hydroxylation is 1. The summed E-state index contributed by atoms with van der Waals surface area (Å²) in [4.78, 5) is 9.55. The maximum atomic E-state index is 5.64. The van der Waals surface area contributed by atoms with Gasteiger partial charge in [-0.2, -0.15) is 0 Å². The lowest BCUT2D eigenvalue weighted by molar-refractivity contribution is -0.0373. The van der Waals surface area contributed by atoms with E-state index < -0.39 is 0 Å². The van der Waals surface area contributed by atoms with Crippen LogP contribution < -0.4 is 4.90 Å². The Kier molecular flexibility index (Phi) is 4.22. The van der Waals surface area contributed by atoms with Crippen molar-refractivity contribution in [1.29, 1.82) is 0 Å². The van der Waals surface area contributed by atoms with E-state index in [4.69, 9.17) is 4.74 Å². The number of nitrogens with zero attached hydrogens (tertiary/aromatic N) is 3. The van der Waals surface area contributed by atoms with Crippen LogP contribution in [0.5, 0.6) is 0 Å². The molecule has 2 saturated heterocycles. The van der Waals surface area contributed by atoms with Crippen LogP contribution in [-0.2, 0) is 4.74 Å². The van der Waals surface area contributed by atoms with Crippen LogP contribution in [0.1, 0.15) is 25.3 Å². The number of pyridine rings is 1. The Morgan fingerprint density at radius 1 is 1.25 bits per heavy atom. The molecule has 2 aliphatic rings.